The Morgan fingerprint density at radius 2 is 0.949 bits per heavy atom. The molecule has 2 heterocycles. The highest BCUT2D eigenvalue weighted by Crippen LogP contribution is 2.52. The number of rotatable bonds is 3. The van der Waals surface area contributed by atoms with E-state index in [1.807, 2.05) is 6.07 Å². The Kier molecular flexibility index (Phi) is 4.86. The van der Waals surface area contributed by atoms with Crippen molar-refractivity contribution in [3.8, 4) is 61.7 Å². The summed E-state index contributed by atoms with van der Waals surface area (Å²) >= 11 is 0. The summed E-state index contributed by atoms with van der Waals surface area (Å²) in [4.78, 5) is 5.23. The van der Waals surface area contributed by atoms with Gasteiger partial charge in [0.05, 0.1) is 16.9 Å². The van der Waals surface area contributed by atoms with Crippen LogP contribution in [0.4, 0.5) is 0 Å². The van der Waals surface area contributed by atoms with Crippen LogP contribution in [0.1, 0.15) is 0 Å². The standard InChI is InChI=1S/C37H24N2/c1-3-13-25(14-4-1)32-22-12-24-34(38-32)39-33-23-11-21-30-28-18-8-7-17-27(28)29-19-9-10-20-31(29)36(35(30)33)37(39)26-15-5-2-6-16-26/h1-24H. The Hall–Kier alpha value is -5.21. The van der Waals surface area contributed by atoms with E-state index in [1.165, 1.54) is 44.3 Å². The Bertz CT molecular complexity index is 2000. The fraction of sp³-hybridized carbons (Fsp3) is 0. The van der Waals surface area contributed by atoms with Crippen LogP contribution in [0.2, 0.25) is 0 Å². The van der Waals surface area contributed by atoms with Gasteiger partial charge in [-0.2, -0.15) is 0 Å². The van der Waals surface area contributed by atoms with Gasteiger partial charge < -0.3 is 0 Å². The van der Waals surface area contributed by atoms with Gasteiger partial charge in [-0.15, -0.1) is 0 Å². The fourth-order valence-corrected chi connectivity index (χ4v) is 6.14. The molecule has 0 aliphatic heterocycles. The quantitative estimate of drug-likeness (QED) is 0.238. The fourth-order valence-electron chi connectivity index (χ4n) is 6.14. The third-order valence-corrected chi connectivity index (χ3v) is 7.78. The summed E-state index contributed by atoms with van der Waals surface area (Å²) in [5, 5.41) is 1.26. The molecule has 0 radical (unpaired) electrons. The van der Waals surface area contributed by atoms with E-state index < -0.39 is 0 Å². The summed E-state index contributed by atoms with van der Waals surface area (Å²) in [6.07, 6.45) is 0. The summed E-state index contributed by atoms with van der Waals surface area (Å²) < 4.78 is 2.36. The van der Waals surface area contributed by atoms with Gasteiger partial charge in [-0.3, -0.25) is 4.57 Å². The van der Waals surface area contributed by atoms with Crippen molar-refractivity contribution in [2.45, 2.75) is 0 Å². The minimum atomic E-state index is 0.912. The maximum atomic E-state index is 5.23. The maximum absolute atomic E-state index is 5.23. The second kappa shape index (κ2) is 8.68. The molecule has 0 saturated heterocycles. The van der Waals surface area contributed by atoms with Gasteiger partial charge in [0, 0.05) is 16.5 Å². The second-order valence-corrected chi connectivity index (χ2v) is 9.96. The molecule has 1 aliphatic carbocycles. The first-order chi connectivity index (χ1) is 19.4. The predicted molar refractivity (Wildman–Crippen MR) is 162 cm³/mol. The first kappa shape index (κ1) is 21.8. The van der Waals surface area contributed by atoms with E-state index in [-0.39, 0.29) is 0 Å². The van der Waals surface area contributed by atoms with E-state index >= 15 is 0 Å². The zero-order valence-electron chi connectivity index (χ0n) is 21.3. The van der Waals surface area contributed by atoms with Gasteiger partial charge in [0.1, 0.15) is 5.82 Å². The summed E-state index contributed by atoms with van der Waals surface area (Å²) in [5.74, 6) is 0.912. The molecule has 0 amide bonds. The highest BCUT2D eigenvalue weighted by Gasteiger charge is 2.29. The average molecular weight is 497 g/mol. The number of hydrogen-bond donors (Lipinski definition) is 0. The van der Waals surface area contributed by atoms with Gasteiger partial charge >= 0.3 is 0 Å². The molecular formula is C37H24N2. The smallest absolute Gasteiger partial charge is 0.138 e. The van der Waals surface area contributed by atoms with Gasteiger partial charge in [0.2, 0.25) is 0 Å². The Labute approximate surface area is 227 Å². The molecule has 2 heteroatoms. The van der Waals surface area contributed by atoms with E-state index in [1.54, 1.807) is 0 Å². The molecule has 2 aromatic heterocycles. The minimum absolute atomic E-state index is 0.912. The summed E-state index contributed by atoms with van der Waals surface area (Å²) in [6.45, 7) is 0. The molecule has 0 atom stereocenters. The van der Waals surface area contributed by atoms with Crippen LogP contribution in [0.25, 0.3) is 72.6 Å². The van der Waals surface area contributed by atoms with E-state index in [2.05, 4.69) is 144 Å². The van der Waals surface area contributed by atoms with Crippen molar-refractivity contribution in [1.82, 2.24) is 9.55 Å². The molecule has 0 N–H and O–H groups in total. The van der Waals surface area contributed by atoms with Crippen LogP contribution in [0, 0.1) is 0 Å². The van der Waals surface area contributed by atoms with Crippen molar-refractivity contribution < 1.29 is 0 Å². The third kappa shape index (κ3) is 3.32. The van der Waals surface area contributed by atoms with Crippen molar-refractivity contribution in [3.63, 3.8) is 0 Å². The largest absolute Gasteiger partial charge is 0.293 e. The monoisotopic (exact) mass is 496 g/mol. The van der Waals surface area contributed by atoms with Crippen molar-refractivity contribution in [1.29, 1.82) is 0 Å². The zero-order chi connectivity index (χ0) is 25.8. The maximum Gasteiger partial charge on any atom is 0.138 e. The number of nitrogens with zero attached hydrogens (tertiary/aromatic N) is 2. The molecule has 7 aromatic rings. The van der Waals surface area contributed by atoms with Gasteiger partial charge in [-0.1, -0.05) is 127 Å². The SMILES string of the molecule is c1ccc(-c2cccc(-n3c(-c4ccccc4)c4c5c(cccc53)-c3ccccc3-c3ccccc3-4)n2)cc1. The molecule has 5 aromatic carbocycles. The highest BCUT2D eigenvalue weighted by atomic mass is 15.1. The Balaban J connectivity index is 1.55. The second-order valence-electron chi connectivity index (χ2n) is 9.96. The lowest BCUT2D eigenvalue weighted by molar-refractivity contribution is 1.05. The zero-order valence-corrected chi connectivity index (χ0v) is 21.3. The molecular weight excluding hydrogens is 472 g/mol. The number of hydrogen-bond acceptors (Lipinski definition) is 1. The molecule has 1 aliphatic rings. The van der Waals surface area contributed by atoms with E-state index in [0.29, 0.717) is 0 Å². The van der Waals surface area contributed by atoms with Crippen LogP contribution < -0.4 is 0 Å². The first-order valence-corrected chi connectivity index (χ1v) is 13.3. The first-order valence-electron chi connectivity index (χ1n) is 13.3. The molecule has 39 heavy (non-hydrogen) atoms. The van der Waals surface area contributed by atoms with E-state index in [0.717, 1.165) is 28.3 Å². The van der Waals surface area contributed by atoms with Crippen molar-refractivity contribution >= 4 is 10.9 Å². The van der Waals surface area contributed by atoms with Crippen LogP contribution in [-0.2, 0) is 0 Å². The molecule has 2 nitrogen and oxygen atoms in total. The predicted octanol–water partition coefficient (Wildman–Crippen LogP) is 9.67. The number of benzene rings is 5. The van der Waals surface area contributed by atoms with E-state index in [9.17, 15) is 0 Å². The lowest BCUT2D eigenvalue weighted by Crippen LogP contribution is -2.01. The molecule has 0 spiro atoms. The third-order valence-electron chi connectivity index (χ3n) is 7.78. The lowest BCUT2D eigenvalue weighted by Gasteiger charge is -2.16. The molecule has 0 fully saturated rings. The van der Waals surface area contributed by atoms with Gasteiger partial charge in [0.25, 0.3) is 0 Å². The number of aromatic nitrogens is 2. The molecule has 0 unspecified atom stereocenters. The van der Waals surface area contributed by atoms with Crippen LogP contribution in [0.3, 0.4) is 0 Å². The highest BCUT2D eigenvalue weighted by molar-refractivity contribution is 6.17. The summed E-state index contributed by atoms with van der Waals surface area (Å²) in [5.41, 5.74) is 13.1. The summed E-state index contributed by atoms with van der Waals surface area (Å²) in [6, 6.07) is 51.8. The van der Waals surface area contributed by atoms with Crippen LogP contribution in [0.15, 0.2) is 146 Å². The van der Waals surface area contributed by atoms with Crippen LogP contribution >= 0.6 is 0 Å². The number of fused-ring (bicyclic) bond motifs is 5. The number of pyridine rings is 1. The van der Waals surface area contributed by atoms with Crippen molar-refractivity contribution in [2.75, 3.05) is 0 Å². The van der Waals surface area contributed by atoms with Crippen LogP contribution in [-0.4, -0.2) is 9.55 Å². The molecule has 8 rings (SSSR count). The lowest BCUT2D eigenvalue weighted by atomic mass is 9.93. The van der Waals surface area contributed by atoms with Gasteiger partial charge in [-0.25, -0.2) is 4.98 Å². The topological polar surface area (TPSA) is 17.8 Å². The van der Waals surface area contributed by atoms with Crippen molar-refractivity contribution in [2.24, 2.45) is 0 Å². The molecule has 0 bridgehead atoms. The normalized spacial score (nSPS) is 11.6. The minimum Gasteiger partial charge on any atom is -0.293 e. The van der Waals surface area contributed by atoms with E-state index in [4.69, 9.17) is 4.98 Å². The Morgan fingerprint density at radius 1 is 0.410 bits per heavy atom. The van der Waals surface area contributed by atoms with Crippen LogP contribution in [0.5, 0.6) is 0 Å². The summed E-state index contributed by atoms with van der Waals surface area (Å²) in [7, 11) is 0. The molecule has 0 saturated carbocycles. The molecule has 182 valence electrons. The van der Waals surface area contributed by atoms with Crippen molar-refractivity contribution in [3.05, 3.63) is 146 Å². The van der Waals surface area contributed by atoms with Gasteiger partial charge in [0.15, 0.2) is 0 Å². The Morgan fingerprint density at radius 3 is 1.67 bits per heavy atom. The van der Waals surface area contributed by atoms with Gasteiger partial charge in [-0.05, 0) is 51.6 Å². The average Bonchev–Trinajstić information content (AvgIpc) is 3.31.